The molecular weight excluding hydrogens is 266 g/mol. The highest BCUT2D eigenvalue weighted by atomic mass is 16.5. The van der Waals surface area contributed by atoms with Crippen LogP contribution in [0.2, 0.25) is 0 Å². The highest BCUT2D eigenvalue weighted by Crippen LogP contribution is 2.24. The second-order valence-electron chi connectivity index (χ2n) is 7.28. The van der Waals surface area contributed by atoms with Gasteiger partial charge in [-0.25, -0.2) is 0 Å². The molecule has 3 atom stereocenters. The molecule has 1 amide bonds. The van der Waals surface area contributed by atoms with Crippen LogP contribution in [0.1, 0.15) is 46.5 Å². The van der Waals surface area contributed by atoms with Gasteiger partial charge < -0.3 is 15.8 Å². The highest BCUT2D eigenvalue weighted by molar-refractivity contribution is 5.81. The Balaban J connectivity index is 1.79. The molecule has 0 aromatic rings. The molecule has 0 radical (unpaired) electrons. The Morgan fingerprint density at radius 1 is 1.38 bits per heavy atom. The summed E-state index contributed by atoms with van der Waals surface area (Å²) in [4.78, 5) is 14.7. The van der Waals surface area contributed by atoms with Crippen LogP contribution in [-0.4, -0.2) is 54.7 Å². The van der Waals surface area contributed by atoms with E-state index >= 15 is 0 Å². The van der Waals surface area contributed by atoms with Crippen molar-refractivity contribution in [2.45, 2.75) is 64.2 Å². The minimum atomic E-state index is -0.311. The van der Waals surface area contributed by atoms with Crippen LogP contribution in [0.25, 0.3) is 0 Å². The van der Waals surface area contributed by atoms with E-state index in [0.717, 1.165) is 31.8 Å². The van der Waals surface area contributed by atoms with Crippen molar-refractivity contribution in [1.82, 2.24) is 10.2 Å². The predicted molar refractivity (Wildman–Crippen MR) is 84.0 cm³/mol. The van der Waals surface area contributed by atoms with Gasteiger partial charge in [-0.1, -0.05) is 6.92 Å². The van der Waals surface area contributed by atoms with Crippen molar-refractivity contribution in [3.8, 4) is 0 Å². The number of likely N-dealkylation sites (tertiary alicyclic amines) is 1. The number of rotatable bonds is 5. The molecule has 1 unspecified atom stereocenters. The molecule has 2 saturated heterocycles. The Kier molecular flexibility index (Phi) is 5.63. The van der Waals surface area contributed by atoms with Crippen LogP contribution in [0.15, 0.2) is 0 Å². The van der Waals surface area contributed by atoms with Crippen LogP contribution < -0.4 is 11.1 Å². The number of carbonyl (C=O) groups excluding carboxylic acids is 1. The SMILES string of the molecule is CC1CCCN(C(C)(C)CNC(=O)[C@@H]2CC[C@H](CN)O2)C1. The van der Waals surface area contributed by atoms with Crippen molar-refractivity contribution >= 4 is 5.91 Å². The number of amides is 1. The van der Waals surface area contributed by atoms with E-state index in [0.29, 0.717) is 13.1 Å². The van der Waals surface area contributed by atoms with E-state index in [9.17, 15) is 4.79 Å². The topological polar surface area (TPSA) is 67.6 Å². The summed E-state index contributed by atoms with van der Waals surface area (Å²) in [7, 11) is 0. The molecule has 2 rings (SSSR count). The number of nitrogens with two attached hydrogens (primary N) is 1. The van der Waals surface area contributed by atoms with E-state index in [1.54, 1.807) is 0 Å². The van der Waals surface area contributed by atoms with Gasteiger partial charge in [-0.2, -0.15) is 0 Å². The quantitative estimate of drug-likeness (QED) is 0.798. The summed E-state index contributed by atoms with van der Waals surface area (Å²) < 4.78 is 5.65. The zero-order chi connectivity index (χ0) is 15.5. The lowest BCUT2D eigenvalue weighted by molar-refractivity contribution is -0.132. The van der Waals surface area contributed by atoms with E-state index in [4.69, 9.17) is 10.5 Å². The van der Waals surface area contributed by atoms with Gasteiger partial charge in [0.2, 0.25) is 5.91 Å². The number of hydrogen-bond donors (Lipinski definition) is 2. The molecule has 0 bridgehead atoms. The van der Waals surface area contributed by atoms with Crippen molar-refractivity contribution < 1.29 is 9.53 Å². The fourth-order valence-corrected chi connectivity index (χ4v) is 3.34. The van der Waals surface area contributed by atoms with Gasteiger partial charge in [0.05, 0.1) is 6.10 Å². The molecular formula is C16H31N3O2. The maximum absolute atomic E-state index is 12.2. The van der Waals surface area contributed by atoms with Crippen LogP contribution in [0.5, 0.6) is 0 Å². The molecule has 0 spiro atoms. The Labute approximate surface area is 128 Å². The summed E-state index contributed by atoms with van der Waals surface area (Å²) in [5.74, 6) is 0.765. The van der Waals surface area contributed by atoms with Crippen LogP contribution in [0.4, 0.5) is 0 Å². The Bertz CT molecular complexity index is 359. The molecule has 21 heavy (non-hydrogen) atoms. The predicted octanol–water partition coefficient (Wildman–Crippen LogP) is 1.12. The van der Waals surface area contributed by atoms with E-state index in [-0.39, 0.29) is 23.7 Å². The van der Waals surface area contributed by atoms with E-state index in [1.807, 2.05) is 0 Å². The zero-order valence-corrected chi connectivity index (χ0v) is 13.7. The Morgan fingerprint density at radius 3 is 2.76 bits per heavy atom. The van der Waals surface area contributed by atoms with Gasteiger partial charge in [0, 0.05) is 25.2 Å². The van der Waals surface area contributed by atoms with E-state index in [1.165, 1.54) is 12.8 Å². The van der Waals surface area contributed by atoms with Gasteiger partial charge >= 0.3 is 0 Å². The minimum absolute atomic E-state index is 0.00376. The summed E-state index contributed by atoms with van der Waals surface area (Å²) in [6, 6.07) is 0. The standard InChI is InChI=1S/C16H31N3O2/c1-12-5-4-8-19(10-12)16(2,3)11-18-15(20)14-7-6-13(9-17)21-14/h12-14H,4-11,17H2,1-3H3,(H,18,20)/t12?,13-,14+/m1/s1. The molecule has 0 aliphatic carbocycles. The average molecular weight is 297 g/mol. The van der Waals surface area contributed by atoms with Crippen LogP contribution in [0, 0.1) is 5.92 Å². The summed E-state index contributed by atoms with van der Waals surface area (Å²) in [5, 5.41) is 3.08. The second kappa shape index (κ2) is 7.07. The number of piperidine rings is 1. The Hall–Kier alpha value is -0.650. The number of hydrogen-bond acceptors (Lipinski definition) is 4. The van der Waals surface area contributed by atoms with Gasteiger partial charge in [-0.15, -0.1) is 0 Å². The first-order valence-corrected chi connectivity index (χ1v) is 8.30. The van der Waals surface area contributed by atoms with Crippen LogP contribution in [-0.2, 0) is 9.53 Å². The lowest BCUT2D eigenvalue weighted by Gasteiger charge is -2.43. The third-order valence-corrected chi connectivity index (χ3v) is 4.87. The molecule has 2 heterocycles. The molecule has 5 heteroatoms. The Morgan fingerprint density at radius 2 is 2.14 bits per heavy atom. The summed E-state index contributed by atoms with van der Waals surface area (Å²) >= 11 is 0. The first-order chi connectivity index (χ1) is 9.92. The summed E-state index contributed by atoms with van der Waals surface area (Å²) in [6.07, 6.45) is 3.99. The fourth-order valence-electron chi connectivity index (χ4n) is 3.34. The van der Waals surface area contributed by atoms with E-state index in [2.05, 4.69) is 31.0 Å². The van der Waals surface area contributed by atoms with Gasteiger partial charge in [-0.05, 0) is 52.0 Å². The summed E-state index contributed by atoms with van der Waals surface area (Å²) in [5.41, 5.74) is 5.58. The molecule has 2 fully saturated rings. The number of nitrogens with one attached hydrogen (secondary N) is 1. The van der Waals surface area contributed by atoms with Crippen LogP contribution in [0.3, 0.4) is 0 Å². The first-order valence-electron chi connectivity index (χ1n) is 8.30. The van der Waals surface area contributed by atoms with Gasteiger partial charge in [0.15, 0.2) is 0 Å². The molecule has 5 nitrogen and oxygen atoms in total. The molecule has 0 saturated carbocycles. The van der Waals surface area contributed by atoms with Crippen molar-refractivity contribution in [2.24, 2.45) is 11.7 Å². The molecule has 0 aromatic carbocycles. The van der Waals surface area contributed by atoms with Crippen molar-refractivity contribution in [3.05, 3.63) is 0 Å². The lowest BCUT2D eigenvalue weighted by Crippen LogP contribution is -2.55. The van der Waals surface area contributed by atoms with Crippen molar-refractivity contribution in [2.75, 3.05) is 26.2 Å². The molecule has 3 N–H and O–H groups in total. The average Bonchev–Trinajstić information content (AvgIpc) is 2.94. The molecule has 2 aliphatic heterocycles. The zero-order valence-electron chi connectivity index (χ0n) is 13.7. The smallest absolute Gasteiger partial charge is 0.249 e. The fraction of sp³-hybridized carbons (Fsp3) is 0.938. The monoisotopic (exact) mass is 297 g/mol. The highest BCUT2D eigenvalue weighted by Gasteiger charge is 2.33. The van der Waals surface area contributed by atoms with Gasteiger partial charge in [0.1, 0.15) is 6.10 Å². The third kappa shape index (κ3) is 4.41. The second-order valence-corrected chi connectivity index (χ2v) is 7.28. The minimum Gasteiger partial charge on any atom is -0.364 e. The van der Waals surface area contributed by atoms with Crippen molar-refractivity contribution in [3.63, 3.8) is 0 Å². The maximum atomic E-state index is 12.2. The van der Waals surface area contributed by atoms with Crippen molar-refractivity contribution in [1.29, 1.82) is 0 Å². The molecule has 2 aliphatic rings. The number of carbonyl (C=O) groups is 1. The lowest BCUT2D eigenvalue weighted by atomic mass is 9.93. The molecule has 122 valence electrons. The van der Waals surface area contributed by atoms with Crippen LogP contribution >= 0.6 is 0 Å². The summed E-state index contributed by atoms with van der Waals surface area (Å²) in [6.45, 7) is 10.2. The normalized spacial score (nSPS) is 31.3. The van der Waals surface area contributed by atoms with E-state index < -0.39 is 0 Å². The number of nitrogens with zero attached hydrogens (tertiary/aromatic N) is 1. The van der Waals surface area contributed by atoms with Gasteiger partial charge in [-0.3, -0.25) is 9.69 Å². The van der Waals surface area contributed by atoms with Gasteiger partial charge in [0.25, 0.3) is 0 Å². The number of ether oxygens (including phenoxy) is 1. The third-order valence-electron chi connectivity index (χ3n) is 4.87. The largest absolute Gasteiger partial charge is 0.364 e. The molecule has 0 aromatic heterocycles. The first kappa shape index (κ1) is 16.7. The maximum Gasteiger partial charge on any atom is 0.249 e.